The van der Waals surface area contributed by atoms with E-state index in [0.717, 1.165) is 54.5 Å². The van der Waals surface area contributed by atoms with Gasteiger partial charge in [-0.05, 0) is 29.8 Å². The molecule has 1 N–H and O–H groups in total. The summed E-state index contributed by atoms with van der Waals surface area (Å²) in [7, 11) is 1.55. The maximum atomic E-state index is 9.85. The van der Waals surface area contributed by atoms with Crippen molar-refractivity contribution >= 4 is 34.4 Å². The molecule has 0 radical (unpaired) electrons. The first-order chi connectivity index (χ1) is 16.6. The average Bonchev–Trinajstić information content (AvgIpc) is 3.32. The predicted octanol–water partition coefficient (Wildman–Crippen LogP) is 4.43. The first-order valence-corrected chi connectivity index (χ1v) is 11.3. The van der Waals surface area contributed by atoms with Crippen LogP contribution in [0.3, 0.4) is 0 Å². The van der Waals surface area contributed by atoms with Crippen LogP contribution in [0.15, 0.2) is 55.0 Å². The zero-order valence-electron chi connectivity index (χ0n) is 18.6. The van der Waals surface area contributed by atoms with Gasteiger partial charge in [0, 0.05) is 67.6 Å². The highest BCUT2D eigenvalue weighted by molar-refractivity contribution is 6.32. The van der Waals surface area contributed by atoms with Gasteiger partial charge in [-0.15, -0.1) is 4.98 Å². The highest BCUT2D eigenvalue weighted by atomic mass is 35.5. The average molecular weight is 475 g/mol. The molecule has 1 aliphatic rings. The minimum absolute atomic E-state index is 0.138. The van der Waals surface area contributed by atoms with Crippen molar-refractivity contribution in [1.82, 2.24) is 14.4 Å². The molecule has 0 bridgehead atoms. The van der Waals surface area contributed by atoms with E-state index in [1.807, 2.05) is 28.9 Å². The molecule has 5 rings (SSSR count). The number of aromatic nitrogens is 3. The number of fused-ring (bicyclic) bond motifs is 1. The summed E-state index contributed by atoms with van der Waals surface area (Å²) in [4.78, 5) is 16.9. The molecule has 3 aromatic heterocycles. The third-order valence-electron chi connectivity index (χ3n) is 6.12. The molecular formula is C25H23ClN6O2. The van der Waals surface area contributed by atoms with Crippen molar-refractivity contribution < 1.29 is 9.84 Å². The molecule has 4 aromatic rings. The van der Waals surface area contributed by atoms with E-state index >= 15 is 0 Å². The molecule has 1 aliphatic heterocycles. The lowest BCUT2D eigenvalue weighted by Gasteiger charge is -2.37. The first kappa shape index (κ1) is 22.0. The largest absolute Gasteiger partial charge is 0.495 e. The summed E-state index contributed by atoms with van der Waals surface area (Å²) < 4.78 is 7.24. The maximum absolute atomic E-state index is 9.85. The number of aliphatic hydroxyl groups excluding tert-OH is 1. The van der Waals surface area contributed by atoms with E-state index in [0.29, 0.717) is 22.2 Å². The third kappa shape index (κ3) is 4.12. The monoisotopic (exact) mass is 474 g/mol. The summed E-state index contributed by atoms with van der Waals surface area (Å²) in [6.45, 7) is 10.5. The van der Waals surface area contributed by atoms with Crippen molar-refractivity contribution in [3.05, 3.63) is 77.0 Å². The molecule has 0 unspecified atom stereocenters. The van der Waals surface area contributed by atoms with Crippen LogP contribution in [-0.2, 0) is 6.61 Å². The fourth-order valence-corrected chi connectivity index (χ4v) is 4.55. The number of methoxy groups -OCH3 is 1. The fourth-order valence-electron chi connectivity index (χ4n) is 4.31. The van der Waals surface area contributed by atoms with Crippen molar-refractivity contribution in [2.24, 2.45) is 0 Å². The Labute approximate surface area is 202 Å². The molecule has 0 saturated carbocycles. The van der Waals surface area contributed by atoms with Crippen LogP contribution in [0.5, 0.6) is 5.75 Å². The third-order valence-corrected chi connectivity index (χ3v) is 6.42. The SMILES string of the molecule is [C-]#[N+]c1cc(N2CCN(c3ccn4cc(-c5cc(Cl)c(OC)cc5CO)nc4c3)CC2)ccn1. The van der Waals surface area contributed by atoms with Gasteiger partial charge >= 0.3 is 0 Å². The van der Waals surface area contributed by atoms with Gasteiger partial charge in [0.05, 0.1) is 24.4 Å². The Kier molecular flexibility index (Phi) is 5.97. The van der Waals surface area contributed by atoms with Gasteiger partial charge in [0.25, 0.3) is 5.82 Å². The van der Waals surface area contributed by atoms with Gasteiger partial charge in [-0.25, -0.2) is 4.98 Å². The number of aliphatic hydroxyl groups is 1. The Hall–Kier alpha value is -3.80. The van der Waals surface area contributed by atoms with Gasteiger partial charge in [0.1, 0.15) is 17.6 Å². The van der Waals surface area contributed by atoms with Crippen molar-refractivity contribution in [1.29, 1.82) is 0 Å². The van der Waals surface area contributed by atoms with E-state index in [-0.39, 0.29) is 6.61 Å². The number of rotatable bonds is 5. The second kappa shape index (κ2) is 9.21. The molecule has 8 nitrogen and oxygen atoms in total. The van der Waals surface area contributed by atoms with E-state index < -0.39 is 0 Å². The highest BCUT2D eigenvalue weighted by Gasteiger charge is 2.19. The highest BCUT2D eigenvalue weighted by Crippen LogP contribution is 2.34. The number of halogens is 1. The van der Waals surface area contributed by atoms with Crippen LogP contribution < -0.4 is 14.5 Å². The summed E-state index contributed by atoms with van der Waals surface area (Å²) in [5, 5.41) is 10.3. The number of pyridine rings is 2. The summed E-state index contributed by atoms with van der Waals surface area (Å²) in [5.41, 5.74) is 5.19. The van der Waals surface area contributed by atoms with Gasteiger partial charge in [-0.2, -0.15) is 0 Å². The van der Waals surface area contributed by atoms with Gasteiger partial charge in [0.2, 0.25) is 0 Å². The topological polar surface area (TPSA) is 70.5 Å². The Balaban J connectivity index is 1.37. The normalized spacial score (nSPS) is 13.8. The lowest BCUT2D eigenvalue weighted by Crippen LogP contribution is -2.46. The van der Waals surface area contributed by atoms with Crippen LogP contribution in [0.25, 0.3) is 21.7 Å². The fraction of sp³-hybridized carbons (Fsp3) is 0.240. The second-order valence-corrected chi connectivity index (χ2v) is 8.44. The zero-order valence-corrected chi connectivity index (χ0v) is 19.4. The molecular weight excluding hydrogens is 452 g/mol. The van der Waals surface area contributed by atoms with Crippen LogP contribution in [0.1, 0.15) is 5.56 Å². The van der Waals surface area contributed by atoms with Crippen LogP contribution in [0.2, 0.25) is 5.02 Å². The standard InChI is InChI=1S/C25H23ClN6O2/c1-27-24-12-18(3-5-28-24)30-7-9-31(10-8-30)19-4-6-32-15-22(29-25(32)13-19)20-14-21(26)23(34-2)11-17(20)16-33/h3-6,11-15,33H,7-10,16H2,2H3. The molecule has 0 atom stereocenters. The van der Waals surface area contributed by atoms with Crippen LogP contribution in [0.4, 0.5) is 17.2 Å². The molecule has 4 heterocycles. The molecule has 1 saturated heterocycles. The Morgan fingerprint density at radius 3 is 2.50 bits per heavy atom. The summed E-state index contributed by atoms with van der Waals surface area (Å²) in [6.07, 6.45) is 5.63. The Morgan fingerprint density at radius 2 is 1.82 bits per heavy atom. The number of nitrogens with zero attached hydrogens (tertiary/aromatic N) is 6. The molecule has 34 heavy (non-hydrogen) atoms. The van der Waals surface area contributed by atoms with E-state index in [1.54, 1.807) is 25.4 Å². The quantitative estimate of drug-likeness (QED) is 0.431. The first-order valence-electron chi connectivity index (χ1n) is 10.9. The molecule has 0 amide bonds. The number of ether oxygens (including phenoxy) is 1. The van der Waals surface area contributed by atoms with E-state index in [9.17, 15) is 5.11 Å². The van der Waals surface area contributed by atoms with Gasteiger partial charge in [-0.3, -0.25) is 0 Å². The minimum Gasteiger partial charge on any atom is -0.495 e. The smallest absolute Gasteiger partial charge is 0.271 e. The van der Waals surface area contributed by atoms with Crippen molar-refractivity contribution in [2.75, 3.05) is 43.1 Å². The second-order valence-electron chi connectivity index (χ2n) is 8.04. The maximum Gasteiger partial charge on any atom is 0.271 e. The van der Waals surface area contributed by atoms with Gasteiger partial charge < -0.3 is 28.9 Å². The summed E-state index contributed by atoms with van der Waals surface area (Å²) in [6, 6.07) is 11.5. The van der Waals surface area contributed by atoms with Crippen molar-refractivity contribution in [3.63, 3.8) is 0 Å². The van der Waals surface area contributed by atoms with Crippen LogP contribution in [-0.4, -0.2) is 52.8 Å². The number of imidazole rings is 1. The molecule has 1 aromatic carbocycles. The zero-order chi connectivity index (χ0) is 23.7. The molecule has 172 valence electrons. The molecule has 9 heteroatoms. The van der Waals surface area contributed by atoms with Crippen LogP contribution in [0, 0.1) is 6.57 Å². The number of hydrogen-bond acceptors (Lipinski definition) is 6. The number of piperazine rings is 1. The lowest BCUT2D eigenvalue weighted by atomic mass is 10.1. The van der Waals surface area contributed by atoms with Gasteiger partial charge in [0.15, 0.2) is 0 Å². The van der Waals surface area contributed by atoms with E-state index in [1.165, 1.54) is 0 Å². The summed E-state index contributed by atoms with van der Waals surface area (Å²) in [5.74, 6) is 0.944. The Morgan fingerprint density at radius 1 is 1.09 bits per heavy atom. The number of hydrogen-bond donors (Lipinski definition) is 1. The van der Waals surface area contributed by atoms with Crippen LogP contribution >= 0.6 is 11.6 Å². The van der Waals surface area contributed by atoms with E-state index in [4.69, 9.17) is 27.9 Å². The number of benzene rings is 1. The van der Waals surface area contributed by atoms with Gasteiger partial charge in [-0.1, -0.05) is 18.2 Å². The lowest BCUT2D eigenvalue weighted by molar-refractivity contribution is 0.281. The van der Waals surface area contributed by atoms with E-state index in [2.05, 4.69) is 31.8 Å². The molecule has 0 spiro atoms. The number of anilines is 2. The van der Waals surface area contributed by atoms with Crippen molar-refractivity contribution in [3.8, 4) is 17.0 Å². The molecule has 1 fully saturated rings. The summed E-state index contributed by atoms with van der Waals surface area (Å²) >= 11 is 6.34. The molecule has 0 aliphatic carbocycles. The minimum atomic E-state index is -0.138. The Bertz CT molecular complexity index is 1390. The van der Waals surface area contributed by atoms with Crippen molar-refractivity contribution in [2.45, 2.75) is 6.61 Å². The predicted molar refractivity (Wildman–Crippen MR) is 133 cm³/mol.